The van der Waals surface area contributed by atoms with Crippen LogP contribution in [0.2, 0.25) is 0 Å². The van der Waals surface area contributed by atoms with Crippen LogP contribution in [0.25, 0.3) is 0 Å². The van der Waals surface area contributed by atoms with Crippen LogP contribution in [0.5, 0.6) is 0 Å². The van der Waals surface area contributed by atoms with E-state index in [1.165, 1.54) is 13.8 Å². The number of halogens is 3. The van der Waals surface area contributed by atoms with Gasteiger partial charge in [0.05, 0.1) is 5.56 Å². The Hall–Kier alpha value is -3.11. The highest BCUT2D eigenvalue weighted by Gasteiger charge is 2.47. The summed E-state index contributed by atoms with van der Waals surface area (Å²) in [5, 5.41) is 4.80. The van der Waals surface area contributed by atoms with Crippen LogP contribution >= 0.6 is 0 Å². The fourth-order valence-electron chi connectivity index (χ4n) is 2.53. The van der Waals surface area contributed by atoms with Gasteiger partial charge in [-0.15, -0.1) is 0 Å². The van der Waals surface area contributed by atoms with Crippen LogP contribution < -0.4 is 10.6 Å². The Kier molecular flexibility index (Phi) is 6.19. The van der Waals surface area contributed by atoms with E-state index in [9.17, 15) is 32.3 Å². The third kappa shape index (κ3) is 5.04. The van der Waals surface area contributed by atoms with Gasteiger partial charge in [0.1, 0.15) is 12.1 Å². The topological polar surface area (TPSA) is 105 Å². The Bertz CT molecular complexity index is 825. The molecule has 1 aromatic rings. The van der Waals surface area contributed by atoms with Gasteiger partial charge in [0.25, 0.3) is 11.8 Å². The van der Waals surface area contributed by atoms with Gasteiger partial charge in [-0.05, 0) is 44.5 Å². The number of nitrogens with zero attached hydrogens (tertiary/aromatic N) is 1. The zero-order valence-electron chi connectivity index (χ0n) is 15.9. The first-order chi connectivity index (χ1) is 13.4. The fourth-order valence-corrected chi connectivity index (χ4v) is 2.53. The van der Waals surface area contributed by atoms with Crippen molar-refractivity contribution in [2.75, 3.05) is 11.9 Å². The monoisotopic (exact) mass is 415 g/mol. The highest BCUT2D eigenvalue weighted by molar-refractivity contribution is 6.08. The van der Waals surface area contributed by atoms with E-state index in [1.54, 1.807) is 6.92 Å². The van der Waals surface area contributed by atoms with E-state index in [4.69, 9.17) is 4.74 Å². The predicted octanol–water partition coefficient (Wildman–Crippen LogP) is 2.30. The van der Waals surface area contributed by atoms with Crippen molar-refractivity contribution in [3.63, 3.8) is 0 Å². The van der Waals surface area contributed by atoms with Crippen molar-refractivity contribution < 1.29 is 37.1 Å². The predicted molar refractivity (Wildman–Crippen MR) is 94.6 cm³/mol. The molecule has 2 rings (SSSR count). The minimum Gasteiger partial charge on any atom is -0.451 e. The van der Waals surface area contributed by atoms with Crippen LogP contribution in [-0.4, -0.2) is 46.9 Å². The largest absolute Gasteiger partial charge is 0.451 e. The van der Waals surface area contributed by atoms with Crippen molar-refractivity contribution >= 4 is 29.5 Å². The maximum Gasteiger partial charge on any atom is 0.416 e. The summed E-state index contributed by atoms with van der Waals surface area (Å²) in [5.41, 5.74) is -1.90. The Morgan fingerprint density at radius 1 is 1.24 bits per heavy atom. The van der Waals surface area contributed by atoms with Crippen LogP contribution in [0.4, 0.5) is 23.7 Å². The van der Waals surface area contributed by atoms with Crippen molar-refractivity contribution in [2.45, 2.75) is 45.0 Å². The maximum atomic E-state index is 12.5. The molecule has 2 N–H and O–H groups in total. The molecule has 1 aliphatic heterocycles. The number of ether oxygens (including phenoxy) is 1. The summed E-state index contributed by atoms with van der Waals surface area (Å²) in [4.78, 5) is 48.9. The summed E-state index contributed by atoms with van der Waals surface area (Å²) in [6.45, 7) is 3.81. The number of benzene rings is 1. The summed E-state index contributed by atoms with van der Waals surface area (Å²) in [6, 6.07) is 2.99. The molecule has 0 bridgehead atoms. The fraction of sp³-hybridized carbons (Fsp3) is 0.444. The molecular formula is C18H20F3N3O5. The molecule has 0 radical (unpaired) electrons. The average molecular weight is 415 g/mol. The van der Waals surface area contributed by atoms with Crippen LogP contribution in [-0.2, 0) is 25.3 Å². The molecule has 2 unspecified atom stereocenters. The number of anilines is 1. The number of esters is 1. The number of nitrogens with one attached hydrogen (secondary N) is 2. The summed E-state index contributed by atoms with van der Waals surface area (Å²) in [7, 11) is 0. The number of imide groups is 1. The lowest BCUT2D eigenvalue weighted by atomic mass is 9.99. The molecule has 1 heterocycles. The number of alkyl halides is 3. The molecule has 1 aromatic carbocycles. The summed E-state index contributed by atoms with van der Waals surface area (Å²) < 4.78 is 42.6. The van der Waals surface area contributed by atoms with E-state index in [2.05, 4.69) is 10.6 Å². The molecule has 158 valence electrons. The molecule has 0 saturated carbocycles. The number of urea groups is 1. The Labute approximate surface area is 164 Å². The van der Waals surface area contributed by atoms with Gasteiger partial charge in [0, 0.05) is 5.69 Å². The lowest BCUT2D eigenvalue weighted by Gasteiger charge is -2.19. The minimum absolute atomic E-state index is 0.0821. The average Bonchev–Trinajstić information content (AvgIpc) is 2.85. The molecular weight excluding hydrogens is 395 g/mol. The zero-order valence-corrected chi connectivity index (χ0v) is 15.9. The molecule has 2 atom stereocenters. The quantitative estimate of drug-likeness (QED) is 0.548. The van der Waals surface area contributed by atoms with E-state index in [1.807, 2.05) is 0 Å². The third-order valence-electron chi connectivity index (χ3n) is 4.50. The van der Waals surface area contributed by atoms with Crippen LogP contribution in [0.1, 0.15) is 32.8 Å². The zero-order chi connectivity index (χ0) is 22.0. The first-order valence-corrected chi connectivity index (χ1v) is 8.69. The van der Waals surface area contributed by atoms with Crippen molar-refractivity contribution in [3.8, 4) is 0 Å². The number of carbonyl (C=O) groups excluding carboxylic acids is 4. The van der Waals surface area contributed by atoms with E-state index >= 15 is 0 Å². The van der Waals surface area contributed by atoms with E-state index in [0.717, 1.165) is 24.3 Å². The van der Waals surface area contributed by atoms with E-state index in [0.29, 0.717) is 11.3 Å². The number of hydrogen-bond acceptors (Lipinski definition) is 5. The van der Waals surface area contributed by atoms with Gasteiger partial charge in [-0.25, -0.2) is 4.79 Å². The normalized spacial score (nSPS) is 20.3. The van der Waals surface area contributed by atoms with Crippen LogP contribution in [0.15, 0.2) is 24.3 Å². The Morgan fingerprint density at radius 2 is 1.83 bits per heavy atom. The molecule has 29 heavy (non-hydrogen) atoms. The summed E-state index contributed by atoms with van der Waals surface area (Å²) in [6.07, 6.45) is -5.48. The standard InChI is InChI=1S/C18H20F3N3O5/c1-4-17(3)15(27)24(16(28)23-17)9-13(25)29-10(2)14(26)22-12-7-5-11(6-8-12)18(19,20)21/h5-8,10H,4,9H2,1-3H3,(H,22,26)(H,23,28). The highest BCUT2D eigenvalue weighted by atomic mass is 19.4. The number of hydrogen-bond donors (Lipinski definition) is 2. The molecule has 1 aliphatic rings. The van der Waals surface area contributed by atoms with Gasteiger partial charge >= 0.3 is 18.2 Å². The molecule has 11 heteroatoms. The minimum atomic E-state index is -4.50. The highest BCUT2D eigenvalue weighted by Crippen LogP contribution is 2.29. The molecule has 1 fully saturated rings. The second-order valence-electron chi connectivity index (χ2n) is 6.70. The molecule has 0 aromatic heterocycles. The molecule has 0 spiro atoms. The van der Waals surface area contributed by atoms with Crippen molar-refractivity contribution in [1.29, 1.82) is 0 Å². The van der Waals surface area contributed by atoms with Gasteiger partial charge in [0.2, 0.25) is 0 Å². The smallest absolute Gasteiger partial charge is 0.416 e. The Morgan fingerprint density at radius 3 is 2.31 bits per heavy atom. The molecule has 4 amide bonds. The summed E-state index contributed by atoms with van der Waals surface area (Å²) in [5.74, 6) is -2.35. The number of carbonyl (C=O) groups is 4. The van der Waals surface area contributed by atoms with Gasteiger partial charge in [0.15, 0.2) is 6.10 Å². The maximum absolute atomic E-state index is 12.5. The number of amides is 4. The van der Waals surface area contributed by atoms with Crippen molar-refractivity contribution in [3.05, 3.63) is 29.8 Å². The van der Waals surface area contributed by atoms with Crippen LogP contribution in [0, 0.1) is 0 Å². The first-order valence-electron chi connectivity index (χ1n) is 8.69. The van der Waals surface area contributed by atoms with Gasteiger partial charge in [-0.2, -0.15) is 13.2 Å². The van der Waals surface area contributed by atoms with Crippen LogP contribution in [0.3, 0.4) is 0 Å². The van der Waals surface area contributed by atoms with Crippen molar-refractivity contribution in [1.82, 2.24) is 10.2 Å². The lowest BCUT2D eigenvalue weighted by molar-refractivity contribution is -0.155. The molecule has 0 aliphatic carbocycles. The second-order valence-corrected chi connectivity index (χ2v) is 6.70. The van der Waals surface area contributed by atoms with Crippen molar-refractivity contribution in [2.24, 2.45) is 0 Å². The SMILES string of the molecule is CCC1(C)NC(=O)N(CC(=O)OC(C)C(=O)Nc2ccc(C(F)(F)F)cc2)C1=O. The van der Waals surface area contributed by atoms with Gasteiger partial charge in [-0.3, -0.25) is 19.3 Å². The van der Waals surface area contributed by atoms with E-state index in [-0.39, 0.29) is 5.69 Å². The van der Waals surface area contributed by atoms with E-state index < -0.39 is 53.7 Å². The second kappa shape index (κ2) is 8.10. The van der Waals surface area contributed by atoms with Gasteiger partial charge < -0.3 is 15.4 Å². The molecule has 1 saturated heterocycles. The first kappa shape index (κ1) is 22.2. The molecule has 8 nitrogen and oxygen atoms in total. The lowest BCUT2D eigenvalue weighted by Crippen LogP contribution is -2.44. The van der Waals surface area contributed by atoms with Gasteiger partial charge in [-0.1, -0.05) is 6.92 Å². The summed E-state index contributed by atoms with van der Waals surface area (Å²) >= 11 is 0. The number of rotatable bonds is 6. The third-order valence-corrected chi connectivity index (χ3v) is 4.50. The Balaban J connectivity index is 1.91.